The smallest absolute Gasteiger partial charge is 0.264 e. The zero-order valence-corrected chi connectivity index (χ0v) is 29.8. The highest BCUT2D eigenvalue weighted by molar-refractivity contribution is 7.92. The van der Waals surface area contributed by atoms with Crippen LogP contribution in [0, 0.1) is 13.8 Å². The van der Waals surface area contributed by atoms with Crippen LogP contribution in [0.2, 0.25) is 15.1 Å². The maximum atomic E-state index is 14.6. The molecule has 248 valence electrons. The number of carbonyl (C=O) groups excluding carboxylic acids is 2. The van der Waals surface area contributed by atoms with Gasteiger partial charge in [0.05, 0.1) is 20.6 Å². The van der Waals surface area contributed by atoms with Gasteiger partial charge < -0.3 is 10.2 Å². The molecule has 0 aromatic heterocycles. The summed E-state index contributed by atoms with van der Waals surface area (Å²) in [6.45, 7) is 6.87. The van der Waals surface area contributed by atoms with Crippen molar-refractivity contribution < 1.29 is 18.0 Å². The van der Waals surface area contributed by atoms with Crippen LogP contribution in [0.15, 0.2) is 95.9 Å². The Morgan fingerprint density at radius 2 is 1.49 bits per heavy atom. The van der Waals surface area contributed by atoms with Gasteiger partial charge in [-0.05, 0) is 80.3 Å². The number of sulfonamides is 1. The number of nitrogens with one attached hydrogen (secondary N) is 1. The highest BCUT2D eigenvalue weighted by Gasteiger charge is 2.35. The molecule has 0 aliphatic carbocycles. The lowest BCUT2D eigenvalue weighted by molar-refractivity contribution is -0.140. The first-order valence-electron chi connectivity index (χ1n) is 15.2. The number of nitrogens with zero attached hydrogens (tertiary/aromatic N) is 2. The van der Waals surface area contributed by atoms with Gasteiger partial charge in [0, 0.05) is 24.0 Å². The average molecular weight is 715 g/mol. The van der Waals surface area contributed by atoms with Crippen LogP contribution in [0.4, 0.5) is 5.69 Å². The molecule has 4 aromatic carbocycles. The lowest BCUT2D eigenvalue weighted by Crippen LogP contribution is -2.54. The van der Waals surface area contributed by atoms with E-state index in [2.05, 4.69) is 5.32 Å². The Bertz CT molecular complexity index is 1820. The summed E-state index contributed by atoms with van der Waals surface area (Å²) in [6.07, 6.45) is 0.874. The Balaban J connectivity index is 1.84. The van der Waals surface area contributed by atoms with Gasteiger partial charge in [-0.2, -0.15) is 0 Å². The van der Waals surface area contributed by atoms with E-state index >= 15 is 0 Å². The monoisotopic (exact) mass is 713 g/mol. The fourth-order valence-electron chi connectivity index (χ4n) is 4.93. The maximum absolute atomic E-state index is 14.6. The van der Waals surface area contributed by atoms with Crippen LogP contribution in [0.25, 0.3) is 0 Å². The maximum Gasteiger partial charge on any atom is 0.264 e. The predicted octanol–water partition coefficient (Wildman–Crippen LogP) is 8.01. The second kappa shape index (κ2) is 16.0. The summed E-state index contributed by atoms with van der Waals surface area (Å²) in [7, 11) is -4.25. The van der Waals surface area contributed by atoms with Crippen molar-refractivity contribution in [2.75, 3.05) is 10.8 Å². The van der Waals surface area contributed by atoms with Gasteiger partial charge in [-0.15, -0.1) is 0 Å². The predicted molar refractivity (Wildman–Crippen MR) is 191 cm³/mol. The SMILES string of the molecule is CC[C@@H](C)NC(=O)[C@H](Cc1ccccc1)N(Cc1ccc(Cl)c(Cl)c1)C(=O)CN(c1ccc(C)c(Cl)c1)S(=O)(=O)c1ccc(C)cc1. The number of amides is 2. The molecule has 0 spiro atoms. The van der Waals surface area contributed by atoms with Crippen LogP contribution in [-0.2, 0) is 32.6 Å². The van der Waals surface area contributed by atoms with Crippen LogP contribution < -0.4 is 9.62 Å². The molecule has 0 fully saturated rings. The number of benzene rings is 4. The van der Waals surface area contributed by atoms with E-state index in [1.54, 1.807) is 49.4 Å². The van der Waals surface area contributed by atoms with Crippen molar-refractivity contribution >= 4 is 62.3 Å². The van der Waals surface area contributed by atoms with Crippen molar-refractivity contribution in [2.45, 2.75) is 64.1 Å². The summed E-state index contributed by atoms with van der Waals surface area (Å²) in [5.74, 6) is -0.952. The molecule has 4 aromatic rings. The van der Waals surface area contributed by atoms with Gasteiger partial charge in [0.1, 0.15) is 12.6 Å². The second-order valence-corrected chi connectivity index (χ2v) is 14.6. The van der Waals surface area contributed by atoms with Crippen molar-refractivity contribution in [3.63, 3.8) is 0 Å². The highest BCUT2D eigenvalue weighted by atomic mass is 35.5. The molecule has 2 amide bonds. The molecule has 0 heterocycles. The Morgan fingerprint density at radius 1 is 0.809 bits per heavy atom. The third-order valence-corrected chi connectivity index (χ3v) is 10.9. The van der Waals surface area contributed by atoms with Gasteiger partial charge in [-0.25, -0.2) is 8.42 Å². The number of carbonyl (C=O) groups is 2. The van der Waals surface area contributed by atoms with Crippen molar-refractivity contribution in [1.29, 1.82) is 0 Å². The Hall–Kier alpha value is -3.56. The number of halogens is 3. The first kappa shape index (κ1) is 36.3. The van der Waals surface area contributed by atoms with Gasteiger partial charge >= 0.3 is 0 Å². The number of rotatable bonds is 13. The summed E-state index contributed by atoms with van der Waals surface area (Å²) in [4.78, 5) is 30.0. The molecule has 0 unspecified atom stereocenters. The van der Waals surface area contributed by atoms with E-state index < -0.39 is 28.5 Å². The molecule has 0 radical (unpaired) electrons. The molecule has 1 N–H and O–H groups in total. The minimum Gasteiger partial charge on any atom is -0.352 e. The molecular weight excluding hydrogens is 677 g/mol. The van der Waals surface area contributed by atoms with Crippen LogP contribution in [-0.4, -0.2) is 43.8 Å². The van der Waals surface area contributed by atoms with E-state index in [0.29, 0.717) is 22.0 Å². The van der Waals surface area contributed by atoms with Gasteiger partial charge in [-0.1, -0.05) is 102 Å². The van der Waals surface area contributed by atoms with Gasteiger partial charge in [0.15, 0.2) is 0 Å². The topological polar surface area (TPSA) is 86.8 Å². The number of hydrogen-bond acceptors (Lipinski definition) is 4. The molecule has 11 heteroatoms. The molecule has 47 heavy (non-hydrogen) atoms. The number of anilines is 1. The van der Waals surface area contributed by atoms with E-state index in [4.69, 9.17) is 34.8 Å². The molecule has 0 saturated heterocycles. The van der Waals surface area contributed by atoms with E-state index in [9.17, 15) is 18.0 Å². The third kappa shape index (κ3) is 9.29. The van der Waals surface area contributed by atoms with Crippen molar-refractivity contribution in [3.05, 3.63) is 128 Å². The Kier molecular flexibility index (Phi) is 12.4. The Labute approximate surface area is 292 Å². The van der Waals surface area contributed by atoms with Crippen molar-refractivity contribution in [2.24, 2.45) is 0 Å². The molecule has 0 aliphatic heterocycles. The zero-order chi connectivity index (χ0) is 34.3. The quantitative estimate of drug-likeness (QED) is 0.152. The second-order valence-electron chi connectivity index (χ2n) is 11.6. The molecule has 0 aliphatic rings. The van der Waals surface area contributed by atoms with Crippen molar-refractivity contribution in [3.8, 4) is 0 Å². The average Bonchev–Trinajstić information content (AvgIpc) is 3.05. The van der Waals surface area contributed by atoms with Gasteiger partial charge in [-0.3, -0.25) is 13.9 Å². The van der Waals surface area contributed by atoms with E-state index in [-0.39, 0.29) is 40.5 Å². The van der Waals surface area contributed by atoms with Crippen LogP contribution >= 0.6 is 34.8 Å². The van der Waals surface area contributed by atoms with Crippen LogP contribution in [0.5, 0.6) is 0 Å². The standard InChI is InChI=1S/C36H38Cl3N3O4S/c1-5-26(4)40-36(44)34(20-27-9-7-6-8-10-27)41(22-28-14-18-31(37)33(39)19-28)35(43)23-42(29-15-13-25(3)32(38)21-29)47(45,46)30-16-11-24(2)12-17-30/h6-19,21,26,34H,5,20,22-23H2,1-4H3,(H,40,44)/t26-,34+/m1/s1. The van der Waals surface area contributed by atoms with Gasteiger partial charge in [0.25, 0.3) is 10.0 Å². The summed E-state index contributed by atoms with van der Waals surface area (Å²) in [5, 5.41) is 4.00. The molecule has 0 saturated carbocycles. The van der Waals surface area contributed by atoms with Crippen LogP contribution in [0.1, 0.15) is 42.5 Å². The third-order valence-electron chi connectivity index (χ3n) is 7.94. The molecule has 4 rings (SSSR count). The highest BCUT2D eigenvalue weighted by Crippen LogP contribution is 2.30. The summed E-state index contributed by atoms with van der Waals surface area (Å²) < 4.78 is 29.5. The first-order chi connectivity index (χ1) is 22.3. The molecule has 7 nitrogen and oxygen atoms in total. The van der Waals surface area contributed by atoms with Crippen molar-refractivity contribution in [1.82, 2.24) is 10.2 Å². The van der Waals surface area contributed by atoms with Crippen LogP contribution in [0.3, 0.4) is 0 Å². The molecule has 2 atom stereocenters. The summed E-state index contributed by atoms with van der Waals surface area (Å²) in [5.41, 5.74) is 3.30. The number of hydrogen-bond donors (Lipinski definition) is 1. The summed E-state index contributed by atoms with van der Waals surface area (Å²) >= 11 is 19.0. The largest absolute Gasteiger partial charge is 0.352 e. The van der Waals surface area contributed by atoms with E-state index in [1.165, 1.54) is 23.1 Å². The summed E-state index contributed by atoms with van der Waals surface area (Å²) in [6, 6.07) is 24.4. The molecule has 0 bridgehead atoms. The lowest BCUT2D eigenvalue weighted by atomic mass is 10.0. The van der Waals surface area contributed by atoms with E-state index in [0.717, 1.165) is 21.0 Å². The fraction of sp³-hybridized carbons (Fsp3) is 0.278. The zero-order valence-electron chi connectivity index (χ0n) is 26.7. The normalized spacial score (nSPS) is 12.7. The minimum atomic E-state index is -4.25. The number of aryl methyl sites for hydroxylation is 2. The van der Waals surface area contributed by atoms with Gasteiger partial charge in [0.2, 0.25) is 11.8 Å². The molecular formula is C36H38Cl3N3O4S. The fourth-order valence-corrected chi connectivity index (χ4v) is 6.83. The van der Waals surface area contributed by atoms with E-state index in [1.807, 2.05) is 51.1 Å². The Morgan fingerprint density at radius 3 is 2.11 bits per heavy atom. The minimum absolute atomic E-state index is 0.0129. The first-order valence-corrected chi connectivity index (χ1v) is 17.8. The lowest BCUT2D eigenvalue weighted by Gasteiger charge is -2.34.